The molecule has 2 saturated carbocycles. The van der Waals surface area contributed by atoms with Crippen LogP contribution >= 0.6 is 77.4 Å². The molecule has 0 spiro atoms. The minimum absolute atomic E-state index is 0.236. The molecule has 1 aliphatic heterocycles. The largest absolute Gasteiger partial charge is 0.475 e. The van der Waals surface area contributed by atoms with Gasteiger partial charge in [0.25, 0.3) is 0 Å². The van der Waals surface area contributed by atoms with E-state index in [9.17, 15) is 24.7 Å². The number of carbonyl (C=O) groups excluding carboxylic acids is 1. The zero-order chi connectivity index (χ0) is 31.0. The maximum atomic E-state index is 14.0. The van der Waals surface area contributed by atoms with Gasteiger partial charge in [0.1, 0.15) is 24.9 Å². The molecule has 16 heteroatoms. The van der Waals surface area contributed by atoms with Gasteiger partial charge in [0, 0.05) is 17.8 Å². The molecule has 8 atom stereocenters. The lowest BCUT2D eigenvalue weighted by molar-refractivity contribution is -0.367. The van der Waals surface area contributed by atoms with Crippen LogP contribution in [0.3, 0.4) is 0 Å². The number of fused-ring (bicyclic) bond motifs is 3. The van der Waals surface area contributed by atoms with Crippen molar-refractivity contribution in [3.63, 3.8) is 0 Å². The molecule has 3 fully saturated rings. The number of hydrogen-bond acceptors (Lipinski definition) is 9. The van der Waals surface area contributed by atoms with Crippen LogP contribution in [0.15, 0.2) is 12.7 Å². The van der Waals surface area contributed by atoms with Crippen molar-refractivity contribution >= 4 is 83.2 Å². The van der Waals surface area contributed by atoms with Gasteiger partial charge in [-0.05, 0) is 32.1 Å². The van der Waals surface area contributed by atoms with Crippen molar-refractivity contribution in [3.8, 4) is 0 Å². The minimum atomic E-state index is -4.91. The number of phosphoric ester groups is 1. The van der Waals surface area contributed by atoms with E-state index in [0.29, 0.717) is 6.42 Å². The first-order valence-corrected chi connectivity index (χ1v) is 16.2. The molecular formula is C24H35Cl6O9P. The molecular weight excluding hydrogens is 676 g/mol. The first-order valence-electron chi connectivity index (χ1n) is 12.5. The van der Waals surface area contributed by atoms with Gasteiger partial charge in [-0.1, -0.05) is 96.5 Å². The number of halogens is 6. The summed E-state index contributed by atoms with van der Waals surface area (Å²) in [7, 11) is -4.91. The van der Waals surface area contributed by atoms with Crippen LogP contribution in [0.5, 0.6) is 0 Å². The van der Waals surface area contributed by atoms with Crippen molar-refractivity contribution in [3.05, 3.63) is 12.7 Å². The Morgan fingerprint density at radius 3 is 2.00 bits per heavy atom. The summed E-state index contributed by atoms with van der Waals surface area (Å²) >= 11 is 34.8. The molecule has 2 aliphatic carbocycles. The Morgan fingerprint density at radius 1 is 1.05 bits per heavy atom. The molecule has 1 saturated heterocycles. The van der Waals surface area contributed by atoms with Gasteiger partial charge >= 0.3 is 7.82 Å². The van der Waals surface area contributed by atoms with E-state index in [1.807, 2.05) is 13.8 Å². The van der Waals surface area contributed by atoms with Crippen molar-refractivity contribution in [1.29, 1.82) is 0 Å². The molecule has 3 rings (SSSR count). The Morgan fingerprint density at radius 2 is 1.55 bits per heavy atom. The monoisotopic (exact) mass is 708 g/mol. The highest BCUT2D eigenvalue weighted by Gasteiger charge is 2.81. The summed E-state index contributed by atoms with van der Waals surface area (Å²) in [5, 5.41) is 35.9. The second-order valence-electron chi connectivity index (χ2n) is 12.1. The minimum Gasteiger partial charge on any atom is -0.392 e. The van der Waals surface area contributed by atoms with Gasteiger partial charge in [-0.15, -0.1) is 6.58 Å². The zero-order valence-electron chi connectivity index (χ0n) is 22.6. The van der Waals surface area contributed by atoms with Crippen LogP contribution < -0.4 is 0 Å². The summed E-state index contributed by atoms with van der Waals surface area (Å²) < 4.78 is 32.6. The lowest BCUT2D eigenvalue weighted by Gasteiger charge is -2.71. The lowest BCUT2D eigenvalue weighted by atomic mass is 9.40. The Kier molecular flexibility index (Phi) is 9.93. The van der Waals surface area contributed by atoms with E-state index in [1.54, 1.807) is 6.92 Å². The highest BCUT2D eigenvalue weighted by molar-refractivity contribution is 7.48. The Labute approximate surface area is 264 Å². The molecule has 0 unspecified atom stereocenters. The van der Waals surface area contributed by atoms with E-state index >= 15 is 0 Å². The van der Waals surface area contributed by atoms with E-state index in [2.05, 4.69) is 6.58 Å². The lowest BCUT2D eigenvalue weighted by Crippen LogP contribution is -2.86. The van der Waals surface area contributed by atoms with E-state index in [1.165, 1.54) is 19.9 Å². The van der Waals surface area contributed by atoms with E-state index < -0.39 is 86.3 Å². The first-order chi connectivity index (χ1) is 17.8. The maximum absolute atomic E-state index is 14.0. The van der Waals surface area contributed by atoms with E-state index in [0.717, 1.165) is 0 Å². The number of carbonyl (C=O) groups is 1. The third kappa shape index (κ3) is 6.15. The van der Waals surface area contributed by atoms with Gasteiger partial charge < -0.3 is 20.1 Å². The van der Waals surface area contributed by atoms with Crippen LogP contribution in [0.25, 0.3) is 0 Å². The van der Waals surface area contributed by atoms with E-state index in [-0.39, 0.29) is 12.8 Å². The second-order valence-corrected chi connectivity index (χ2v) is 18.7. The van der Waals surface area contributed by atoms with Gasteiger partial charge in [-0.2, -0.15) is 0 Å². The SMILES string of the molecule is C=C[C@@]1(C)CC(=O)[C@]2(O)[C@]3(C)[C@H]([C@H](O)[C@H](OP(=O)(OCC(Cl)(Cl)Cl)OCC(Cl)(Cl)Cl)[C@@]2(C)O1)C(C)(C)CC[C@@H]3O. The van der Waals surface area contributed by atoms with Gasteiger partial charge in [0.2, 0.25) is 7.59 Å². The summed E-state index contributed by atoms with van der Waals surface area (Å²) in [6.45, 7) is 10.2. The summed E-state index contributed by atoms with van der Waals surface area (Å²) in [6.07, 6.45) is -2.88. The standard InChI is InChI=1S/C24H35Cl6O9P/c1-7-19(4)10-14(32)24(34)20(5)13(31)8-9-18(2,3)16(20)15(33)17(21(24,6)39-19)38-40(35,36-11-22(25,26)27)37-12-23(28,29)30/h7,13,15-17,31,33-34H,1,8-12H2,2-6H3/t13-,15-,16+,17-,19-,20-,21+,24-/m0/s1. The van der Waals surface area contributed by atoms with Crippen LogP contribution in [-0.4, -0.2) is 77.0 Å². The summed E-state index contributed by atoms with van der Waals surface area (Å²) in [6, 6.07) is 0. The Balaban J connectivity index is 2.25. The number of hydrogen-bond donors (Lipinski definition) is 3. The van der Waals surface area contributed by atoms with Gasteiger partial charge in [-0.3, -0.25) is 18.4 Å². The molecule has 232 valence electrons. The van der Waals surface area contributed by atoms with Crippen molar-refractivity contribution in [2.24, 2.45) is 16.7 Å². The number of ether oxygens (including phenoxy) is 1. The van der Waals surface area contributed by atoms with Crippen LogP contribution in [0.1, 0.15) is 53.9 Å². The Hall–Kier alpha value is 1.10. The highest BCUT2D eigenvalue weighted by Crippen LogP contribution is 2.69. The maximum Gasteiger partial charge on any atom is 0.475 e. The van der Waals surface area contributed by atoms with Gasteiger partial charge in [0.05, 0.1) is 17.8 Å². The summed E-state index contributed by atoms with van der Waals surface area (Å²) in [5.74, 6) is -1.67. The predicted molar refractivity (Wildman–Crippen MR) is 154 cm³/mol. The highest BCUT2D eigenvalue weighted by atomic mass is 35.6. The molecule has 3 N–H and O–H groups in total. The number of alkyl halides is 6. The fourth-order valence-electron chi connectivity index (χ4n) is 7.00. The van der Waals surface area contributed by atoms with Crippen molar-refractivity contribution in [2.45, 2.75) is 96.6 Å². The number of Topliss-reactive ketones (excluding diaryl/α,β-unsaturated/α-hetero) is 1. The zero-order valence-corrected chi connectivity index (χ0v) is 28.1. The number of rotatable bonds is 7. The molecule has 3 aliphatic rings. The van der Waals surface area contributed by atoms with Crippen molar-refractivity contribution in [1.82, 2.24) is 0 Å². The Bertz CT molecular complexity index is 1040. The number of ketones is 1. The summed E-state index contributed by atoms with van der Waals surface area (Å²) in [5.41, 5.74) is -8.37. The predicted octanol–water partition coefficient (Wildman–Crippen LogP) is 5.86. The molecule has 0 aromatic carbocycles. The number of aliphatic hydroxyl groups is 3. The normalized spacial score (nSPS) is 42.2. The number of phosphoric acid groups is 1. The molecule has 40 heavy (non-hydrogen) atoms. The average molecular weight is 711 g/mol. The fourth-order valence-corrected chi connectivity index (χ4v) is 9.29. The number of aliphatic hydroxyl groups excluding tert-OH is 2. The van der Waals surface area contributed by atoms with Crippen LogP contribution in [0.2, 0.25) is 0 Å². The molecule has 0 aromatic heterocycles. The molecule has 1 heterocycles. The molecule has 0 radical (unpaired) electrons. The second kappa shape index (κ2) is 11.2. The molecule has 0 bridgehead atoms. The quantitative estimate of drug-likeness (QED) is 0.169. The van der Waals surface area contributed by atoms with Crippen molar-refractivity contribution in [2.75, 3.05) is 13.2 Å². The third-order valence-corrected chi connectivity index (χ3v) is 10.8. The van der Waals surface area contributed by atoms with Gasteiger partial charge in [-0.25, -0.2) is 4.57 Å². The van der Waals surface area contributed by atoms with Gasteiger partial charge in [0.15, 0.2) is 11.4 Å². The van der Waals surface area contributed by atoms with Crippen LogP contribution in [0.4, 0.5) is 0 Å². The third-order valence-electron chi connectivity index (χ3n) is 8.74. The average Bonchev–Trinajstić information content (AvgIpc) is 2.79. The van der Waals surface area contributed by atoms with Crippen molar-refractivity contribution < 1.29 is 43.0 Å². The van der Waals surface area contributed by atoms with Crippen LogP contribution in [-0.2, 0) is 27.7 Å². The molecule has 0 amide bonds. The van der Waals surface area contributed by atoms with Crippen LogP contribution in [0, 0.1) is 16.7 Å². The van der Waals surface area contributed by atoms with E-state index in [4.69, 9.17) is 87.9 Å². The smallest absolute Gasteiger partial charge is 0.392 e. The first kappa shape index (κ1) is 35.6. The fraction of sp³-hybridized carbons (Fsp3) is 0.875. The molecule has 0 aromatic rings. The molecule has 9 nitrogen and oxygen atoms in total. The summed E-state index contributed by atoms with van der Waals surface area (Å²) in [4.78, 5) is 14.0. The topological polar surface area (TPSA) is 132 Å².